The second-order valence-corrected chi connectivity index (χ2v) is 8.69. The molecule has 1 heterocycles. The molecule has 0 aliphatic carbocycles. The van der Waals surface area contributed by atoms with Crippen LogP contribution >= 0.6 is 11.6 Å². The Bertz CT molecular complexity index is 906. The first-order valence-corrected chi connectivity index (χ1v) is 9.63. The summed E-state index contributed by atoms with van der Waals surface area (Å²) in [6, 6.07) is 10.7. The zero-order valence-electron chi connectivity index (χ0n) is 16.4. The van der Waals surface area contributed by atoms with E-state index in [1.807, 2.05) is 39.8 Å². The zero-order valence-corrected chi connectivity index (χ0v) is 17.2. The number of halogens is 2. The monoisotopic (exact) mass is 402 g/mol. The number of nitrogens with zero attached hydrogens (tertiary/aromatic N) is 1. The largest absolute Gasteiger partial charge is 0.349 e. The van der Waals surface area contributed by atoms with Gasteiger partial charge in [0.25, 0.3) is 5.91 Å². The molecule has 1 aliphatic rings. The van der Waals surface area contributed by atoms with Gasteiger partial charge in [-0.2, -0.15) is 0 Å². The van der Waals surface area contributed by atoms with Crippen LogP contribution in [0.1, 0.15) is 61.1 Å². The molecule has 2 amide bonds. The Balaban J connectivity index is 1.96. The smallest absolute Gasteiger partial charge is 0.255 e. The maximum absolute atomic E-state index is 14.6. The highest BCUT2D eigenvalue weighted by atomic mass is 35.5. The maximum atomic E-state index is 14.6. The van der Waals surface area contributed by atoms with Crippen molar-refractivity contribution < 1.29 is 14.0 Å². The number of carbonyl (C=O) groups is 2. The van der Waals surface area contributed by atoms with Gasteiger partial charge in [0.1, 0.15) is 11.9 Å². The first-order chi connectivity index (χ1) is 13.1. The number of nitrogens with one attached hydrogen (secondary N) is 1. The lowest BCUT2D eigenvalue weighted by Gasteiger charge is -2.30. The summed E-state index contributed by atoms with van der Waals surface area (Å²) < 4.78 is 14.6. The molecule has 2 atom stereocenters. The van der Waals surface area contributed by atoms with E-state index < -0.39 is 17.4 Å². The van der Waals surface area contributed by atoms with Crippen molar-refractivity contribution in [2.45, 2.75) is 45.2 Å². The van der Waals surface area contributed by atoms with Crippen LogP contribution in [0.5, 0.6) is 0 Å². The molecular weight excluding hydrogens is 379 g/mol. The summed E-state index contributed by atoms with van der Waals surface area (Å²) in [4.78, 5) is 27.5. The summed E-state index contributed by atoms with van der Waals surface area (Å²) >= 11 is 5.96. The fourth-order valence-electron chi connectivity index (χ4n) is 3.52. The summed E-state index contributed by atoms with van der Waals surface area (Å²) in [5, 5.41) is 3.51. The van der Waals surface area contributed by atoms with Crippen LogP contribution in [-0.2, 0) is 4.79 Å². The van der Waals surface area contributed by atoms with Crippen LogP contribution in [-0.4, -0.2) is 28.8 Å². The molecule has 0 saturated heterocycles. The Morgan fingerprint density at radius 2 is 1.86 bits per heavy atom. The van der Waals surface area contributed by atoms with Gasteiger partial charge in [0, 0.05) is 28.2 Å². The second-order valence-electron chi connectivity index (χ2n) is 8.25. The Hall–Kier alpha value is -2.40. The average molecular weight is 403 g/mol. The van der Waals surface area contributed by atoms with E-state index in [0.717, 1.165) is 5.56 Å². The summed E-state index contributed by atoms with van der Waals surface area (Å²) in [6.07, 6.45) is 0. The second kappa shape index (κ2) is 7.55. The SMILES string of the molecule is CC(CN1C(=O)c2cccc(F)c2C1C(=O)NC(C)(C)C)c1ccc(Cl)cc1. The molecule has 28 heavy (non-hydrogen) atoms. The number of hydrogen-bond donors (Lipinski definition) is 1. The predicted molar refractivity (Wildman–Crippen MR) is 108 cm³/mol. The summed E-state index contributed by atoms with van der Waals surface area (Å²) in [6.45, 7) is 7.81. The molecule has 0 radical (unpaired) electrons. The highest BCUT2D eigenvalue weighted by molar-refractivity contribution is 6.30. The van der Waals surface area contributed by atoms with Gasteiger partial charge >= 0.3 is 0 Å². The van der Waals surface area contributed by atoms with Crippen LogP contribution in [0.3, 0.4) is 0 Å². The summed E-state index contributed by atoms with van der Waals surface area (Å²) in [5.41, 5.74) is 0.889. The van der Waals surface area contributed by atoms with E-state index in [4.69, 9.17) is 11.6 Å². The Morgan fingerprint density at radius 1 is 1.21 bits per heavy atom. The van der Waals surface area contributed by atoms with Gasteiger partial charge in [0.2, 0.25) is 5.91 Å². The van der Waals surface area contributed by atoms with Gasteiger partial charge in [-0.05, 0) is 56.5 Å². The van der Waals surface area contributed by atoms with Gasteiger partial charge in [-0.3, -0.25) is 9.59 Å². The molecule has 0 spiro atoms. The van der Waals surface area contributed by atoms with Crippen molar-refractivity contribution in [2.75, 3.05) is 6.54 Å². The Kier molecular flexibility index (Phi) is 5.48. The Morgan fingerprint density at radius 3 is 2.46 bits per heavy atom. The van der Waals surface area contributed by atoms with Crippen LogP contribution in [0, 0.1) is 5.82 Å². The summed E-state index contributed by atoms with van der Waals surface area (Å²) in [7, 11) is 0. The van der Waals surface area contributed by atoms with Crippen molar-refractivity contribution in [3.8, 4) is 0 Å². The van der Waals surface area contributed by atoms with Crippen molar-refractivity contribution in [1.29, 1.82) is 0 Å². The lowest BCUT2D eigenvalue weighted by Crippen LogP contribution is -2.47. The van der Waals surface area contributed by atoms with Crippen LogP contribution < -0.4 is 5.32 Å². The van der Waals surface area contributed by atoms with E-state index in [9.17, 15) is 14.0 Å². The minimum atomic E-state index is -0.988. The molecule has 4 nitrogen and oxygen atoms in total. The van der Waals surface area contributed by atoms with E-state index >= 15 is 0 Å². The number of benzene rings is 2. The van der Waals surface area contributed by atoms with Crippen molar-refractivity contribution in [2.24, 2.45) is 0 Å². The van der Waals surface area contributed by atoms with Gasteiger partial charge in [-0.15, -0.1) is 0 Å². The topological polar surface area (TPSA) is 49.4 Å². The third-order valence-corrected chi connectivity index (χ3v) is 5.04. The molecule has 1 aliphatic heterocycles. The zero-order chi connectivity index (χ0) is 20.6. The number of rotatable bonds is 4. The molecule has 0 bridgehead atoms. The first kappa shape index (κ1) is 20.3. The molecule has 2 aromatic carbocycles. The van der Waals surface area contributed by atoms with Gasteiger partial charge in [0.05, 0.1) is 0 Å². The minimum Gasteiger partial charge on any atom is -0.349 e. The van der Waals surface area contributed by atoms with E-state index in [0.29, 0.717) is 5.02 Å². The Labute approximate surface area is 169 Å². The average Bonchev–Trinajstić information content (AvgIpc) is 2.88. The van der Waals surface area contributed by atoms with E-state index in [-0.39, 0.29) is 35.4 Å². The number of amides is 2. The maximum Gasteiger partial charge on any atom is 0.255 e. The highest BCUT2D eigenvalue weighted by Crippen LogP contribution is 2.37. The quantitative estimate of drug-likeness (QED) is 0.806. The molecule has 6 heteroatoms. The number of carbonyl (C=O) groups excluding carboxylic acids is 2. The normalized spacial score (nSPS) is 17.4. The third kappa shape index (κ3) is 4.04. The lowest BCUT2D eigenvalue weighted by atomic mass is 9.99. The lowest BCUT2D eigenvalue weighted by molar-refractivity contribution is -0.127. The van der Waals surface area contributed by atoms with Crippen LogP contribution in [0.15, 0.2) is 42.5 Å². The molecule has 0 saturated carbocycles. The van der Waals surface area contributed by atoms with E-state index in [2.05, 4.69) is 5.32 Å². The molecule has 0 fully saturated rings. The van der Waals surface area contributed by atoms with E-state index in [1.54, 1.807) is 18.2 Å². The third-order valence-electron chi connectivity index (χ3n) is 4.79. The van der Waals surface area contributed by atoms with Crippen LogP contribution in [0.4, 0.5) is 4.39 Å². The van der Waals surface area contributed by atoms with Crippen molar-refractivity contribution in [3.05, 3.63) is 70.0 Å². The van der Waals surface area contributed by atoms with Crippen molar-refractivity contribution >= 4 is 23.4 Å². The number of hydrogen-bond acceptors (Lipinski definition) is 2. The molecular formula is C22H24ClFN2O2. The van der Waals surface area contributed by atoms with Gasteiger partial charge in [0.15, 0.2) is 0 Å². The van der Waals surface area contributed by atoms with Gasteiger partial charge in [-0.25, -0.2) is 4.39 Å². The van der Waals surface area contributed by atoms with Crippen molar-refractivity contribution in [1.82, 2.24) is 10.2 Å². The van der Waals surface area contributed by atoms with E-state index in [1.165, 1.54) is 17.0 Å². The molecule has 148 valence electrons. The fourth-order valence-corrected chi connectivity index (χ4v) is 3.65. The predicted octanol–water partition coefficient (Wildman–Crippen LogP) is 4.69. The van der Waals surface area contributed by atoms with Crippen LogP contribution in [0.25, 0.3) is 0 Å². The fraction of sp³-hybridized carbons (Fsp3) is 0.364. The molecule has 2 aromatic rings. The molecule has 0 aromatic heterocycles. The molecule has 2 unspecified atom stereocenters. The standard InChI is InChI=1S/C22H24ClFN2O2/c1-13(14-8-10-15(23)11-9-14)12-26-19(20(27)25-22(2,3)4)18-16(21(26)28)6-5-7-17(18)24/h5-11,13,19H,12H2,1-4H3,(H,25,27). The minimum absolute atomic E-state index is 0.0523. The number of fused-ring (bicyclic) bond motifs is 1. The van der Waals surface area contributed by atoms with Gasteiger partial charge in [-0.1, -0.05) is 36.7 Å². The van der Waals surface area contributed by atoms with Crippen LogP contribution in [0.2, 0.25) is 5.02 Å². The first-order valence-electron chi connectivity index (χ1n) is 9.25. The molecule has 1 N–H and O–H groups in total. The summed E-state index contributed by atoms with van der Waals surface area (Å²) in [5.74, 6) is -1.30. The van der Waals surface area contributed by atoms with Crippen molar-refractivity contribution in [3.63, 3.8) is 0 Å². The van der Waals surface area contributed by atoms with Gasteiger partial charge < -0.3 is 10.2 Å². The molecule has 3 rings (SSSR count). The highest BCUT2D eigenvalue weighted by Gasteiger charge is 2.44.